The summed E-state index contributed by atoms with van der Waals surface area (Å²) in [7, 11) is -4.35. The number of carbonyl (C=O) groups is 1. The number of nitrogens with zero attached hydrogens (tertiary/aromatic N) is 3. The zero-order chi connectivity index (χ0) is 31.6. The van der Waals surface area contributed by atoms with Crippen molar-refractivity contribution < 1.29 is 26.4 Å². The van der Waals surface area contributed by atoms with Gasteiger partial charge in [0.1, 0.15) is 4.90 Å². The SMILES string of the molecule is O=C(NNS(=O)(=O)c1c(Cl)cc(Cl)cc1Cl)c1ccc(Nc2nc(-c3ccccc3)n(-c3cccc(C(F)(F)F)c3)n2)cc1. The number of hydrogen-bond acceptors (Lipinski definition) is 6. The second-order valence-corrected chi connectivity index (χ2v) is 11.9. The first-order valence-electron chi connectivity index (χ1n) is 12.4. The summed E-state index contributed by atoms with van der Waals surface area (Å²) < 4.78 is 66.8. The van der Waals surface area contributed by atoms with Crippen LogP contribution in [0.5, 0.6) is 0 Å². The first-order valence-corrected chi connectivity index (χ1v) is 15.0. The Morgan fingerprint density at radius 2 is 1.50 bits per heavy atom. The molecule has 0 aliphatic heterocycles. The van der Waals surface area contributed by atoms with Crippen LogP contribution < -0.4 is 15.6 Å². The summed E-state index contributed by atoms with van der Waals surface area (Å²) >= 11 is 17.8. The van der Waals surface area contributed by atoms with Crippen molar-refractivity contribution in [2.45, 2.75) is 11.1 Å². The molecule has 3 N–H and O–H groups in total. The Bertz CT molecular complexity index is 1930. The van der Waals surface area contributed by atoms with Gasteiger partial charge in [-0.2, -0.15) is 18.2 Å². The molecule has 1 amide bonds. The Labute approximate surface area is 263 Å². The van der Waals surface area contributed by atoms with Crippen LogP contribution in [0, 0.1) is 0 Å². The molecule has 0 radical (unpaired) electrons. The first-order chi connectivity index (χ1) is 20.8. The maximum Gasteiger partial charge on any atom is 0.416 e. The van der Waals surface area contributed by atoms with Gasteiger partial charge in [-0.05, 0) is 54.6 Å². The summed E-state index contributed by atoms with van der Waals surface area (Å²) in [5.41, 5.74) is 2.52. The molecule has 0 spiro atoms. The number of sulfonamides is 1. The molecule has 5 aromatic rings. The molecule has 44 heavy (non-hydrogen) atoms. The summed E-state index contributed by atoms with van der Waals surface area (Å²) in [6, 6.07) is 21.7. The molecule has 0 aliphatic carbocycles. The van der Waals surface area contributed by atoms with Crippen LogP contribution in [0.4, 0.5) is 24.8 Å². The third-order valence-electron chi connectivity index (χ3n) is 5.99. The zero-order valence-corrected chi connectivity index (χ0v) is 25.0. The fourth-order valence-corrected chi connectivity index (χ4v) is 6.38. The van der Waals surface area contributed by atoms with Gasteiger partial charge in [-0.15, -0.1) is 9.93 Å². The van der Waals surface area contributed by atoms with Crippen molar-refractivity contribution >= 4 is 62.4 Å². The predicted octanol–water partition coefficient (Wildman–Crippen LogP) is 7.28. The standard InChI is InChI=1S/C28H18Cl3F3N6O3S/c29-19-14-22(30)24(23(31)15-19)44(42,43)39-37-26(41)17-9-11-20(12-10-17)35-27-36-25(16-5-2-1-3-6-16)40(38-27)21-8-4-7-18(13-21)28(32,33)34/h1-15,39H,(H,35,38)(H,37,41). The van der Waals surface area contributed by atoms with Crippen LogP contribution >= 0.6 is 34.8 Å². The Balaban J connectivity index is 1.34. The van der Waals surface area contributed by atoms with Crippen molar-refractivity contribution in [1.29, 1.82) is 0 Å². The number of amides is 1. The average Bonchev–Trinajstić information content (AvgIpc) is 3.39. The lowest BCUT2D eigenvalue weighted by Gasteiger charge is -2.12. The predicted molar refractivity (Wildman–Crippen MR) is 161 cm³/mol. The molecule has 0 saturated heterocycles. The summed E-state index contributed by atoms with van der Waals surface area (Å²) in [5.74, 6) is -0.431. The number of hydrazine groups is 1. The van der Waals surface area contributed by atoms with E-state index in [1.807, 2.05) is 4.83 Å². The topological polar surface area (TPSA) is 118 Å². The lowest BCUT2D eigenvalue weighted by Crippen LogP contribution is -2.41. The largest absolute Gasteiger partial charge is 0.416 e. The molecular weight excluding hydrogens is 664 g/mol. The maximum atomic E-state index is 13.4. The van der Waals surface area contributed by atoms with Crippen molar-refractivity contribution in [2.75, 3.05) is 5.32 Å². The number of rotatable bonds is 8. The number of alkyl halides is 3. The van der Waals surface area contributed by atoms with Crippen molar-refractivity contribution in [2.24, 2.45) is 0 Å². The van der Waals surface area contributed by atoms with Gasteiger partial charge in [-0.25, -0.2) is 13.1 Å². The quantitative estimate of drug-likeness (QED) is 0.148. The molecule has 0 fully saturated rings. The van der Waals surface area contributed by atoms with E-state index in [2.05, 4.69) is 20.8 Å². The second-order valence-electron chi connectivity index (χ2n) is 9.05. The minimum absolute atomic E-state index is 0.0722. The minimum Gasteiger partial charge on any atom is -0.323 e. The van der Waals surface area contributed by atoms with E-state index in [4.69, 9.17) is 34.8 Å². The Morgan fingerprint density at radius 3 is 2.14 bits per heavy atom. The van der Waals surface area contributed by atoms with Crippen molar-refractivity contribution in [1.82, 2.24) is 25.0 Å². The molecule has 0 aliphatic rings. The van der Waals surface area contributed by atoms with E-state index in [-0.39, 0.29) is 38.1 Å². The van der Waals surface area contributed by atoms with Gasteiger partial charge in [0.15, 0.2) is 5.82 Å². The van der Waals surface area contributed by atoms with Crippen molar-refractivity contribution in [3.8, 4) is 17.1 Å². The highest BCUT2D eigenvalue weighted by molar-refractivity contribution is 7.89. The molecule has 1 aromatic heterocycles. The molecule has 226 valence electrons. The summed E-state index contributed by atoms with van der Waals surface area (Å²) in [6.07, 6.45) is -4.55. The molecule has 9 nitrogen and oxygen atoms in total. The van der Waals surface area contributed by atoms with E-state index >= 15 is 0 Å². The number of carbonyl (C=O) groups excluding carboxylic acids is 1. The third kappa shape index (κ3) is 6.98. The fourth-order valence-electron chi connectivity index (χ4n) is 3.99. The number of aromatic nitrogens is 3. The molecule has 4 aromatic carbocycles. The zero-order valence-electron chi connectivity index (χ0n) is 21.9. The number of hydrogen-bond donors (Lipinski definition) is 3. The fraction of sp³-hybridized carbons (Fsp3) is 0.0357. The van der Waals surface area contributed by atoms with Crippen LogP contribution in [-0.4, -0.2) is 29.1 Å². The van der Waals surface area contributed by atoms with Gasteiger partial charge in [0.25, 0.3) is 15.9 Å². The molecule has 16 heteroatoms. The van der Waals surface area contributed by atoms with Gasteiger partial charge < -0.3 is 5.32 Å². The molecule has 0 unspecified atom stereocenters. The van der Waals surface area contributed by atoms with E-state index < -0.39 is 32.6 Å². The Hall–Kier alpha value is -4.14. The van der Waals surface area contributed by atoms with Crippen molar-refractivity contribution in [3.05, 3.63) is 117 Å². The van der Waals surface area contributed by atoms with Crippen molar-refractivity contribution in [3.63, 3.8) is 0 Å². The minimum atomic E-state index is -4.55. The van der Waals surface area contributed by atoms with Crippen LogP contribution in [0.1, 0.15) is 15.9 Å². The summed E-state index contributed by atoms with van der Waals surface area (Å²) in [4.78, 5) is 18.6. The lowest BCUT2D eigenvalue weighted by molar-refractivity contribution is -0.137. The van der Waals surface area contributed by atoms with Gasteiger partial charge in [0, 0.05) is 21.8 Å². The normalized spacial score (nSPS) is 11.8. The Kier molecular flexibility index (Phi) is 8.86. The van der Waals surface area contributed by atoms with Gasteiger partial charge in [-0.3, -0.25) is 10.2 Å². The molecule has 5 rings (SSSR count). The van der Waals surface area contributed by atoms with Crippen LogP contribution in [0.2, 0.25) is 15.1 Å². The molecule has 0 bridgehead atoms. The highest BCUT2D eigenvalue weighted by Gasteiger charge is 2.31. The molecule has 0 saturated carbocycles. The average molecular weight is 682 g/mol. The van der Waals surface area contributed by atoms with E-state index in [9.17, 15) is 26.4 Å². The van der Waals surface area contributed by atoms with Gasteiger partial charge in [0.05, 0.1) is 21.3 Å². The van der Waals surface area contributed by atoms with E-state index in [0.717, 1.165) is 12.1 Å². The van der Waals surface area contributed by atoms with Crippen LogP contribution in [0.3, 0.4) is 0 Å². The summed E-state index contributed by atoms with van der Waals surface area (Å²) in [6.45, 7) is 0. The number of nitrogens with one attached hydrogen (secondary N) is 3. The van der Waals surface area contributed by atoms with Crippen LogP contribution in [-0.2, 0) is 16.2 Å². The van der Waals surface area contributed by atoms with E-state index in [0.29, 0.717) is 11.3 Å². The third-order valence-corrected chi connectivity index (χ3v) is 8.38. The monoisotopic (exact) mass is 680 g/mol. The van der Waals surface area contributed by atoms with Gasteiger partial charge in [-0.1, -0.05) is 71.2 Å². The van der Waals surface area contributed by atoms with E-state index in [1.165, 1.54) is 53.2 Å². The van der Waals surface area contributed by atoms with Crippen LogP contribution in [0.15, 0.2) is 95.9 Å². The summed E-state index contributed by atoms with van der Waals surface area (Å²) in [5, 5.41) is 7.00. The highest BCUT2D eigenvalue weighted by Crippen LogP contribution is 2.33. The Morgan fingerprint density at radius 1 is 0.841 bits per heavy atom. The molecule has 1 heterocycles. The van der Waals surface area contributed by atoms with E-state index in [1.54, 1.807) is 30.3 Å². The highest BCUT2D eigenvalue weighted by atomic mass is 35.5. The maximum absolute atomic E-state index is 13.4. The number of anilines is 2. The number of halogens is 6. The lowest BCUT2D eigenvalue weighted by atomic mass is 10.2. The van der Waals surface area contributed by atoms with Gasteiger partial charge in [0.2, 0.25) is 5.95 Å². The van der Waals surface area contributed by atoms with Crippen LogP contribution in [0.25, 0.3) is 17.1 Å². The molecular formula is C28H18Cl3F3N6O3S. The molecule has 0 atom stereocenters. The second kappa shape index (κ2) is 12.5. The smallest absolute Gasteiger partial charge is 0.323 e. The van der Waals surface area contributed by atoms with Gasteiger partial charge >= 0.3 is 6.18 Å². The first kappa shape index (κ1) is 31.3. The number of benzene rings is 4.